The maximum atomic E-state index is 4.15. The molecule has 0 bridgehead atoms. The number of aryl methyl sites for hydroxylation is 1. The lowest BCUT2D eigenvalue weighted by molar-refractivity contribution is 0.548. The Bertz CT molecular complexity index is 476. The Balaban J connectivity index is 1.95. The van der Waals surface area contributed by atoms with Gasteiger partial charge in [-0.2, -0.15) is 5.10 Å². The number of nitrogens with one attached hydrogen (secondary N) is 1. The van der Waals surface area contributed by atoms with E-state index in [2.05, 4.69) is 57.5 Å². The van der Waals surface area contributed by atoms with Crippen LogP contribution in [0.25, 0.3) is 0 Å². The third kappa shape index (κ3) is 3.17. The number of hydrogen-bond acceptors (Lipinski definition) is 2. The van der Waals surface area contributed by atoms with Gasteiger partial charge < -0.3 is 5.32 Å². The molecule has 3 nitrogen and oxygen atoms in total. The summed E-state index contributed by atoms with van der Waals surface area (Å²) in [4.78, 5) is 0. The van der Waals surface area contributed by atoms with Gasteiger partial charge in [-0.25, -0.2) is 0 Å². The summed E-state index contributed by atoms with van der Waals surface area (Å²) >= 11 is 3.44. The van der Waals surface area contributed by atoms with E-state index in [1.54, 1.807) is 0 Å². The Morgan fingerprint density at radius 2 is 2.00 bits per heavy atom. The SMILES string of the molecule is C[C@@H](NCc1ccnn1C)c1ccc(Br)cc1. The predicted molar refractivity (Wildman–Crippen MR) is 72.6 cm³/mol. The van der Waals surface area contributed by atoms with Crippen LogP contribution in [0.3, 0.4) is 0 Å². The van der Waals surface area contributed by atoms with Gasteiger partial charge >= 0.3 is 0 Å². The van der Waals surface area contributed by atoms with Crippen LogP contribution in [0.15, 0.2) is 41.0 Å². The van der Waals surface area contributed by atoms with Crippen molar-refractivity contribution in [3.63, 3.8) is 0 Å². The van der Waals surface area contributed by atoms with Gasteiger partial charge in [0.25, 0.3) is 0 Å². The fraction of sp³-hybridized carbons (Fsp3) is 0.308. The average molecular weight is 294 g/mol. The molecule has 0 amide bonds. The van der Waals surface area contributed by atoms with Gasteiger partial charge in [0.05, 0.1) is 5.69 Å². The lowest BCUT2D eigenvalue weighted by atomic mass is 10.1. The molecule has 1 N–H and O–H groups in total. The van der Waals surface area contributed by atoms with E-state index < -0.39 is 0 Å². The van der Waals surface area contributed by atoms with Crippen LogP contribution in [0.2, 0.25) is 0 Å². The number of aromatic nitrogens is 2. The van der Waals surface area contributed by atoms with Gasteiger partial charge in [0.15, 0.2) is 0 Å². The van der Waals surface area contributed by atoms with Crippen LogP contribution >= 0.6 is 15.9 Å². The van der Waals surface area contributed by atoms with Crippen molar-refractivity contribution in [1.29, 1.82) is 0 Å². The average Bonchev–Trinajstić information content (AvgIpc) is 2.73. The molecule has 1 heterocycles. The van der Waals surface area contributed by atoms with E-state index in [-0.39, 0.29) is 0 Å². The Morgan fingerprint density at radius 3 is 2.59 bits per heavy atom. The molecule has 1 aromatic carbocycles. The Labute approximate surface area is 110 Å². The first-order valence-electron chi connectivity index (χ1n) is 5.62. The second-order valence-corrected chi connectivity index (χ2v) is 5.02. The Kier molecular flexibility index (Phi) is 3.97. The zero-order valence-corrected chi connectivity index (χ0v) is 11.6. The van der Waals surface area contributed by atoms with Gasteiger partial charge in [-0.1, -0.05) is 28.1 Å². The molecule has 17 heavy (non-hydrogen) atoms. The number of benzene rings is 1. The minimum Gasteiger partial charge on any atom is -0.305 e. The normalized spacial score (nSPS) is 12.6. The molecule has 1 atom stereocenters. The van der Waals surface area contributed by atoms with Crippen LogP contribution in [-0.2, 0) is 13.6 Å². The van der Waals surface area contributed by atoms with Gasteiger partial charge in [0.2, 0.25) is 0 Å². The standard InChI is InChI=1S/C13H16BrN3/c1-10(11-3-5-12(14)6-4-11)15-9-13-7-8-16-17(13)2/h3-8,10,15H,9H2,1-2H3/t10-/m1/s1. The molecule has 4 heteroatoms. The summed E-state index contributed by atoms with van der Waals surface area (Å²) in [7, 11) is 1.96. The van der Waals surface area contributed by atoms with Crippen molar-refractivity contribution in [2.45, 2.75) is 19.5 Å². The lowest BCUT2D eigenvalue weighted by Crippen LogP contribution is -2.19. The molecule has 0 aliphatic rings. The fourth-order valence-corrected chi connectivity index (χ4v) is 1.97. The lowest BCUT2D eigenvalue weighted by Gasteiger charge is -2.14. The predicted octanol–water partition coefficient (Wildman–Crippen LogP) is 3.03. The number of hydrogen-bond donors (Lipinski definition) is 1. The molecular formula is C13H16BrN3. The monoisotopic (exact) mass is 293 g/mol. The molecule has 2 rings (SSSR count). The highest BCUT2D eigenvalue weighted by molar-refractivity contribution is 9.10. The van der Waals surface area contributed by atoms with Crippen LogP contribution in [0.1, 0.15) is 24.2 Å². The van der Waals surface area contributed by atoms with Crippen LogP contribution < -0.4 is 5.32 Å². The summed E-state index contributed by atoms with van der Waals surface area (Å²) in [6.07, 6.45) is 1.82. The maximum Gasteiger partial charge on any atom is 0.0518 e. The third-order valence-corrected chi connectivity index (χ3v) is 3.41. The molecule has 1 aromatic heterocycles. The summed E-state index contributed by atoms with van der Waals surface area (Å²) in [6, 6.07) is 10.8. The maximum absolute atomic E-state index is 4.15. The Hall–Kier alpha value is -1.13. The van der Waals surface area contributed by atoms with Crippen molar-refractivity contribution in [1.82, 2.24) is 15.1 Å². The summed E-state index contributed by atoms with van der Waals surface area (Å²) in [6.45, 7) is 2.99. The van der Waals surface area contributed by atoms with E-state index in [9.17, 15) is 0 Å². The van der Waals surface area contributed by atoms with Gasteiger partial charge in [-0.05, 0) is 30.7 Å². The zero-order valence-electron chi connectivity index (χ0n) is 10.0. The first-order chi connectivity index (χ1) is 8.16. The fourth-order valence-electron chi connectivity index (χ4n) is 1.70. The second kappa shape index (κ2) is 5.47. The smallest absolute Gasteiger partial charge is 0.0518 e. The van der Waals surface area contributed by atoms with Crippen molar-refractivity contribution in [2.24, 2.45) is 7.05 Å². The van der Waals surface area contributed by atoms with Crippen LogP contribution in [0.5, 0.6) is 0 Å². The Morgan fingerprint density at radius 1 is 1.29 bits per heavy atom. The highest BCUT2D eigenvalue weighted by Crippen LogP contribution is 2.16. The van der Waals surface area contributed by atoms with Gasteiger partial charge in [-0.15, -0.1) is 0 Å². The second-order valence-electron chi connectivity index (χ2n) is 4.10. The molecule has 0 fully saturated rings. The van der Waals surface area contributed by atoms with Crippen LogP contribution in [0, 0.1) is 0 Å². The molecule has 0 aliphatic carbocycles. The van der Waals surface area contributed by atoms with Crippen molar-refractivity contribution >= 4 is 15.9 Å². The summed E-state index contributed by atoms with van der Waals surface area (Å²) in [5, 5.41) is 7.63. The van der Waals surface area contributed by atoms with Crippen LogP contribution in [0.4, 0.5) is 0 Å². The van der Waals surface area contributed by atoms with Crippen molar-refractivity contribution in [3.8, 4) is 0 Å². The molecule has 0 saturated carbocycles. The van der Waals surface area contributed by atoms with E-state index in [1.165, 1.54) is 11.3 Å². The third-order valence-electron chi connectivity index (χ3n) is 2.88. The highest BCUT2D eigenvalue weighted by Gasteiger charge is 2.05. The van der Waals surface area contributed by atoms with Crippen LogP contribution in [-0.4, -0.2) is 9.78 Å². The number of rotatable bonds is 4. The summed E-state index contributed by atoms with van der Waals surface area (Å²) in [5.74, 6) is 0. The summed E-state index contributed by atoms with van der Waals surface area (Å²) in [5.41, 5.74) is 2.48. The van der Waals surface area contributed by atoms with Crippen molar-refractivity contribution in [3.05, 3.63) is 52.3 Å². The number of halogens is 1. The van der Waals surface area contributed by atoms with Gasteiger partial charge in [0.1, 0.15) is 0 Å². The molecule has 0 saturated heterocycles. The topological polar surface area (TPSA) is 29.9 Å². The number of nitrogens with zero attached hydrogens (tertiary/aromatic N) is 2. The molecule has 0 spiro atoms. The van der Waals surface area contributed by atoms with Crippen molar-refractivity contribution in [2.75, 3.05) is 0 Å². The molecule has 2 aromatic rings. The molecule has 0 radical (unpaired) electrons. The molecular weight excluding hydrogens is 278 g/mol. The van der Waals surface area contributed by atoms with Gasteiger partial charge in [0, 0.05) is 30.3 Å². The summed E-state index contributed by atoms with van der Waals surface area (Å²) < 4.78 is 3.00. The largest absolute Gasteiger partial charge is 0.305 e. The highest BCUT2D eigenvalue weighted by atomic mass is 79.9. The first kappa shape index (κ1) is 12.3. The molecule has 0 aliphatic heterocycles. The van der Waals surface area contributed by atoms with E-state index >= 15 is 0 Å². The zero-order chi connectivity index (χ0) is 12.3. The van der Waals surface area contributed by atoms with E-state index in [4.69, 9.17) is 0 Å². The van der Waals surface area contributed by atoms with E-state index in [0.717, 1.165) is 11.0 Å². The van der Waals surface area contributed by atoms with Gasteiger partial charge in [-0.3, -0.25) is 4.68 Å². The van der Waals surface area contributed by atoms with E-state index in [0.29, 0.717) is 6.04 Å². The van der Waals surface area contributed by atoms with E-state index in [1.807, 2.05) is 24.0 Å². The van der Waals surface area contributed by atoms with Crippen molar-refractivity contribution < 1.29 is 0 Å². The molecule has 0 unspecified atom stereocenters. The quantitative estimate of drug-likeness (QED) is 0.939. The minimum atomic E-state index is 0.331. The minimum absolute atomic E-state index is 0.331. The first-order valence-corrected chi connectivity index (χ1v) is 6.42. The molecule has 90 valence electrons.